The first kappa shape index (κ1) is 28.1. The van der Waals surface area contributed by atoms with Gasteiger partial charge in [0.2, 0.25) is 0 Å². The standard InChI is InChI=1S/C20H19BrF2N4O2.C6H6BrNO/c1-13-18(4-5-19(21)26-13)28-8-14-7-20(29-9-14,10-27-12-24-11-25-27)16-3-2-15(22)6-17(16)23;1-4-5(9)2-3-6(7)8-4/h2-6,11-12,14H,7-10H2,1H3;2-3,9H,1H3/t14-,20+;/m1./s1. The van der Waals surface area contributed by atoms with E-state index in [0.717, 1.165) is 21.0 Å². The third-order valence-electron chi connectivity index (χ3n) is 6.02. The van der Waals surface area contributed by atoms with Crippen LogP contribution in [0.4, 0.5) is 8.78 Å². The Morgan fingerprint density at radius 1 is 1.08 bits per heavy atom. The number of aromatic hydroxyl groups is 1. The summed E-state index contributed by atoms with van der Waals surface area (Å²) in [6.07, 6.45) is 3.46. The minimum Gasteiger partial charge on any atom is -0.506 e. The zero-order valence-electron chi connectivity index (χ0n) is 20.6. The van der Waals surface area contributed by atoms with Crippen LogP contribution in [0.3, 0.4) is 0 Å². The van der Waals surface area contributed by atoms with Crippen LogP contribution in [-0.4, -0.2) is 43.1 Å². The van der Waals surface area contributed by atoms with Crippen LogP contribution in [0.1, 0.15) is 23.4 Å². The lowest BCUT2D eigenvalue weighted by atomic mass is 9.87. The number of nitrogens with zero attached hydrogens (tertiary/aromatic N) is 5. The Hall–Kier alpha value is -2.96. The largest absolute Gasteiger partial charge is 0.506 e. The molecule has 1 aromatic carbocycles. The maximum absolute atomic E-state index is 14.6. The predicted molar refractivity (Wildman–Crippen MR) is 143 cm³/mol. The highest BCUT2D eigenvalue weighted by molar-refractivity contribution is 9.10. The van der Waals surface area contributed by atoms with Crippen molar-refractivity contribution in [2.75, 3.05) is 13.2 Å². The van der Waals surface area contributed by atoms with E-state index in [2.05, 4.69) is 51.9 Å². The number of aromatic nitrogens is 5. The van der Waals surface area contributed by atoms with E-state index in [4.69, 9.17) is 14.6 Å². The number of rotatable bonds is 6. The molecule has 1 N–H and O–H groups in total. The van der Waals surface area contributed by atoms with Gasteiger partial charge in [0.05, 0.1) is 31.1 Å². The number of benzene rings is 1. The average Bonchev–Trinajstić information content (AvgIpc) is 3.52. The Labute approximate surface area is 235 Å². The summed E-state index contributed by atoms with van der Waals surface area (Å²) in [6, 6.07) is 10.5. The van der Waals surface area contributed by atoms with Crippen LogP contribution < -0.4 is 4.74 Å². The van der Waals surface area contributed by atoms with E-state index in [0.29, 0.717) is 36.6 Å². The molecule has 4 heterocycles. The molecule has 2 atom stereocenters. The molecular weight excluding hydrogens is 628 g/mol. The van der Waals surface area contributed by atoms with Crippen molar-refractivity contribution >= 4 is 31.9 Å². The fourth-order valence-electron chi connectivity index (χ4n) is 4.19. The lowest BCUT2D eigenvalue weighted by Gasteiger charge is -2.29. The summed E-state index contributed by atoms with van der Waals surface area (Å²) in [7, 11) is 0. The molecule has 8 nitrogen and oxygen atoms in total. The summed E-state index contributed by atoms with van der Waals surface area (Å²) in [4.78, 5) is 12.2. The molecule has 200 valence electrons. The van der Waals surface area contributed by atoms with Gasteiger partial charge in [-0.15, -0.1) is 0 Å². The van der Waals surface area contributed by atoms with Crippen molar-refractivity contribution in [3.8, 4) is 11.5 Å². The van der Waals surface area contributed by atoms with Crippen LogP contribution in [0, 0.1) is 31.4 Å². The number of halogens is 4. The Morgan fingerprint density at radius 2 is 1.82 bits per heavy atom. The van der Waals surface area contributed by atoms with Crippen molar-refractivity contribution in [1.82, 2.24) is 24.7 Å². The van der Waals surface area contributed by atoms with Crippen molar-refractivity contribution in [2.45, 2.75) is 32.4 Å². The lowest BCUT2D eigenvalue weighted by molar-refractivity contribution is -0.0206. The van der Waals surface area contributed by atoms with Gasteiger partial charge >= 0.3 is 0 Å². The summed E-state index contributed by atoms with van der Waals surface area (Å²) in [6.45, 7) is 4.67. The minimum atomic E-state index is -0.980. The van der Waals surface area contributed by atoms with Crippen molar-refractivity contribution in [3.63, 3.8) is 0 Å². The van der Waals surface area contributed by atoms with Gasteiger partial charge in [0.25, 0.3) is 0 Å². The van der Waals surface area contributed by atoms with Gasteiger partial charge in [-0.25, -0.2) is 28.4 Å². The van der Waals surface area contributed by atoms with E-state index in [1.807, 2.05) is 19.1 Å². The maximum atomic E-state index is 14.6. The highest BCUT2D eigenvalue weighted by atomic mass is 79.9. The third kappa shape index (κ3) is 6.91. The molecule has 0 saturated carbocycles. The van der Waals surface area contributed by atoms with Gasteiger partial charge in [-0.05, 0) is 82.5 Å². The highest BCUT2D eigenvalue weighted by Crippen LogP contribution is 2.42. The molecular formula is C26H25Br2F2N5O3. The Balaban J connectivity index is 0.000000317. The Bertz CT molecular complexity index is 1390. The summed E-state index contributed by atoms with van der Waals surface area (Å²) in [5.74, 6) is -0.322. The van der Waals surface area contributed by atoms with Crippen LogP contribution in [0.15, 0.2) is 64.3 Å². The molecule has 0 radical (unpaired) electrons. The van der Waals surface area contributed by atoms with Gasteiger partial charge in [-0.2, -0.15) is 5.10 Å². The lowest BCUT2D eigenvalue weighted by Crippen LogP contribution is -2.32. The molecule has 0 unspecified atom stereocenters. The fourth-order valence-corrected chi connectivity index (χ4v) is 4.98. The Kier molecular flexibility index (Phi) is 9.06. The molecule has 0 spiro atoms. The smallest absolute Gasteiger partial charge is 0.140 e. The van der Waals surface area contributed by atoms with Crippen LogP contribution in [0.25, 0.3) is 0 Å². The van der Waals surface area contributed by atoms with Gasteiger partial charge in [-0.1, -0.05) is 6.07 Å². The van der Waals surface area contributed by atoms with Gasteiger partial charge < -0.3 is 14.6 Å². The fraction of sp³-hybridized carbons (Fsp3) is 0.308. The highest BCUT2D eigenvalue weighted by Gasteiger charge is 2.44. The summed E-state index contributed by atoms with van der Waals surface area (Å²) in [5, 5.41) is 13.1. The molecule has 3 aromatic heterocycles. The number of hydrogen-bond acceptors (Lipinski definition) is 7. The van der Waals surface area contributed by atoms with Gasteiger partial charge in [0.15, 0.2) is 0 Å². The third-order valence-corrected chi connectivity index (χ3v) is 6.90. The second-order valence-electron chi connectivity index (χ2n) is 8.86. The van der Waals surface area contributed by atoms with Crippen molar-refractivity contribution in [1.29, 1.82) is 0 Å². The maximum Gasteiger partial charge on any atom is 0.140 e. The van der Waals surface area contributed by atoms with E-state index in [1.165, 1.54) is 18.5 Å². The Morgan fingerprint density at radius 3 is 2.45 bits per heavy atom. The molecule has 12 heteroatoms. The topological polar surface area (TPSA) is 95.2 Å². The molecule has 38 heavy (non-hydrogen) atoms. The van der Waals surface area contributed by atoms with Crippen molar-refractivity contribution < 1.29 is 23.4 Å². The molecule has 1 fully saturated rings. The number of aryl methyl sites for hydroxylation is 2. The first-order valence-corrected chi connectivity index (χ1v) is 13.2. The van der Waals surface area contributed by atoms with Crippen LogP contribution >= 0.6 is 31.9 Å². The van der Waals surface area contributed by atoms with Crippen molar-refractivity contribution in [2.24, 2.45) is 5.92 Å². The zero-order valence-corrected chi connectivity index (χ0v) is 23.8. The monoisotopic (exact) mass is 651 g/mol. The first-order valence-electron chi connectivity index (χ1n) is 11.6. The van der Waals surface area contributed by atoms with Crippen LogP contribution in [-0.2, 0) is 16.9 Å². The minimum absolute atomic E-state index is 0.0195. The van der Waals surface area contributed by atoms with Crippen LogP contribution in [0.2, 0.25) is 0 Å². The molecule has 1 aliphatic heterocycles. The molecule has 4 aromatic rings. The molecule has 1 saturated heterocycles. The summed E-state index contributed by atoms with van der Waals surface area (Å²) >= 11 is 6.51. The number of ether oxygens (including phenoxy) is 2. The molecule has 0 amide bonds. The zero-order chi connectivity index (χ0) is 27.3. The van der Waals surface area contributed by atoms with Gasteiger partial charge in [-0.3, -0.25) is 0 Å². The van der Waals surface area contributed by atoms with Gasteiger partial charge in [0.1, 0.15) is 50.6 Å². The quantitative estimate of drug-likeness (QED) is 0.260. The molecule has 0 bridgehead atoms. The van der Waals surface area contributed by atoms with E-state index in [9.17, 15) is 8.78 Å². The second-order valence-corrected chi connectivity index (χ2v) is 10.5. The van der Waals surface area contributed by atoms with E-state index in [-0.39, 0.29) is 18.2 Å². The van der Waals surface area contributed by atoms with E-state index in [1.54, 1.807) is 30.1 Å². The average molecular weight is 653 g/mol. The second kappa shape index (κ2) is 12.3. The summed E-state index contributed by atoms with van der Waals surface area (Å²) < 4.78 is 43.2. The SMILES string of the molecule is Cc1nc(Br)ccc1O.Cc1nc(Br)ccc1OC[C@@H]1CO[C@@](Cn2cncn2)(c2ccc(F)cc2F)C1. The summed E-state index contributed by atoms with van der Waals surface area (Å²) in [5.41, 5.74) is 0.742. The first-order chi connectivity index (χ1) is 18.1. The number of pyridine rings is 2. The molecule has 1 aliphatic rings. The van der Waals surface area contributed by atoms with E-state index >= 15 is 0 Å². The normalized spacial score (nSPS) is 18.6. The van der Waals surface area contributed by atoms with Crippen LogP contribution in [0.5, 0.6) is 11.5 Å². The van der Waals surface area contributed by atoms with Gasteiger partial charge in [0, 0.05) is 17.5 Å². The number of hydrogen-bond donors (Lipinski definition) is 1. The molecule has 0 aliphatic carbocycles. The van der Waals surface area contributed by atoms with Crippen molar-refractivity contribution in [3.05, 3.63) is 92.9 Å². The van der Waals surface area contributed by atoms with E-state index < -0.39 is 17.2 Å². The molecule has 5 rings (SSSR count). The predicted octanol–water partition coefficient (Wildman–Crippen LogP) is 5.89.